The van der Waals surface area contributed by atoms with Gasteiger partial charge in [-0.1, -0.05) is 39.7 Å². The van der Waals surface area contributed by atoms with Crippen molar-refractivity contribution in [3.05, 3.63) is 63.6 Å². The lowest BCUT2D eigenvalue weighted by Crippen LogP contribution is -2.45. The number of hydrogen-bond donors (Lipinski definition) is 2. The molecule has 0 saturated carbocycles. The monoisotopic (exact) mass is 435 g/mol. The molecule has 1 aliphatic heterocycles. The van der Waals surface area contributed by atoms with Crippen LogP contribution >= 0.6 is 39.7 Å². The lowest BCUT2D eigenvalue weighted by Gasteiger charge is -2.31. The highest BCUT2D eigenvalue weighted by atomic mass is 79.9. The number of hydrogen-bond acceptors (Lipinski definition) is 2. The summed E-state index contributed by atoms with van der Waals surface area (Å²) < 4.78 is 0.949. The van der Waals surface area contributed by atoms with E-state index in [9.17, 15) is 4.79 Å². The van der Waals surface area contributed by atoms with Gasteiger partial charge in [-0.15, -0.1) is 0 Å². The number of anilines is 1. The zero-order valence-electron chi connectivity index (χ0n) is 13.3. The van der Waals surface area contributed by atoms with Gasteiger partial charge in [-0.3, -0.25) is 4.79 Å². The first kappa shape index (κ1) is 18.0. The molecular weight excluding hydrogens is 422 g/mol. The number of rotatable bonds is 3. The molecule has 3 rings (SSSR count). The SMILES string of the molecule is CC1=NC(=S)NC(c2cccc(Cl)c2)C1C(=O)Nc1ccc(Br)cc1. The summed E-state index contributed by atoms with van der Waals surface area (Å²) in [5.74, 6) is -0.641. The normalized spacial score (nSPS) is 19.8. The Morgan fingerprint density at radius 3 is 2.68 bits per heavy atom. The van der Waals surface area contributed by atoms with Gasteiger partial charge in [0.25, 0.3) is 0 Å². The van der Waals surface area contributed by atoms with Crippen molar-refractivity contribution in [3.63, 3.8) is 0 Å². The molecule has 1 heterocycles. The highest BCUT2D eigenvalue weighted by Gasteiger charge is 2.35. The van der Waals surface area contributed by atoms with Gasteiger partial charge in [0, 0.05) is 20.9 Å². The third-order valence-electron chi connectivity index (χ3n) is 3.94. The fraction of sp³-hybridized carbons (Fsp3) is 0.167. The Labute approximate surface area is 164 Å². The Balaban J connectivity index is 1.91. The summed E-state index contributed by atoms with van der Waals surface area (Å²) in [5.41, 5.74) is 2.28. The Morgan fingerprint density at radius 1 is 1.28 bits per heavy atom. The van der Waals surface area contributed by atoms with Crippen LogP contribution in [0.1, 0.15) is 18.5 Å². The first-order valence-corrected chi connectivity index (χ1v) is 9.19. The van der Waals surface area contributed by atoms with Gasteiger partial charge in [-0.25, -0.2) is 4.99 Å². The molecule has 0 fully saturated rings. The van der Waals surface area contributed by atoms with Crippen LogP contribution in [0.15, 0.2) is 58.0 Å². The molecule has 7 heteroatoms. The minimum atomic E-state index is -0.492. The van der Waals surface area contributed by atoms with Gasteiger partial charge < -0.3 is 10.6 Å². The molecule has 0 radical (unpaired) electrons. The van der Waals surface area contributed by atoms with Crippen molar-refractivity contribution in [2.75, 3.05) is 5.32 Å². The number of carbonyl (C=O) groups is 1. The van der Waals surface area contributed by atoms with Crippen molar-refractivity contribution in [1.29, 1.82) is 0 Å². The molecule has 25 heavy (non-hydrogen) atoms. The lowest BCUT2D eigenvalue weighted by atomic mass is 9.87. The molecule has 2 aromatic rings. The fourth-order valence-corrected chi connectivity index (χ4v) is 3.52. The van der Waals surface area contributed by atoms with Crippen LogP contribution in [0, 0.1) is 5.92 Å². The van der Waals surface area contributed by atoms with E-state index in [2.05, 4.69) is 31.6 Å². The highest BCUT2D eigenvalue weighted by Crippen LogP contribution is 2.29. The summed E-state index contributed by atoms with van der Waals surface area (Å²) >= 11 is 14.7. The minimum Gasteiger partial charge on any atom is -0.353 e. The van der Waals surface area contributed by atoms with Crippen LogP contribution in [0.25, 0.3) is 0 Å². The van der Waals surface area contributed by atoms with E-state index in [-0.39, 0.29) is 11.9 Å². The standard InChI is InChI=1S/C18H15BrClN3OS/c1-10-15(17(24)22-14-7-5-12(19)6-8-14)16(23-18(25)21-10)11-3-2-4-13(20)9-11/h2-9,15-16H,1H3,(H,22,24)(H,23,25). The molecule has 1 aliphatic rings. The first-order valence-electron chi connectivity index (χ1n) is 7.61. The molecule has 4 nitrogen and oxygen atoms in total. The molecule has 1 amide bonds. The quantitative estimate of drug-likeness (QED) is 0.683. The maximum atomic E-state index is 12.9. The van der Waals surface area contributed by atoms with Crippen molar-refractivity contribution in [2.24, 2.45) is 10.9 Å². The van der Waals surface area contributed by atoms with E-state index < -0.39 is 5.92 Å². The van der Waals surface area contributed by atoms with Crippen LogP contribution in [-0.4, -0.2) is 16.7 Å². The minimum absolute atomic E-state index is 0.149. The summed E-state index contributed by atoms with van der Waals surface area (Å²) in [4.78, 5) is 17.2. The molecule has 0 aliphatic carbocycles. The fourth-order valence-electron chi connectivity index (χ4n) is 2.79. The molecular formula is C18H15BrClN3OS. The summed E-state index contributed by atoms with van der Waals surface area (Å²) in [5, 5.41) is 7.05. The topological polar surface area (TPSA) is 53.5 Å². The summed E-state index contributed by atoms with van der Waals surface area (Å²) in [7, 11) is 0. The van der Waals surface area contributed by atoms with Crippen LogP contribution in [0.2, 0.25) is 5.02 Å². The molecule has 128 valence electrons. The third kappa shape index (κ3) is 4.26. The first-order chi connectivity index (χ1) is 11.9. The van der Waals surface area contributed by atoms with Gasteiger partial charge in [0.05, 0.1) is 6.04 Å². The smallest absolute Gasteiger partial charge is 0.235 e. The number of aliphatic imine (C=N–C) groups is 1. The number of thiocarbonyl (C=S) groups is 1. The van der Waals surface area contributed by atoms with Crippen LogP contribution in [0.3, 0.4) is 0 Å². The molecule has 2 atom stereocenters. The van der Waals surface area contributed by atoms with Crippen LogP contribution in [-0.2, 0) is 4.79 Å². The van der Waals surface area contributed by atoms with Gasteiger partial charge in [0.2, 0.25) is 5.91 Å². The average Bonchev–Trinajstić information content (AvgIpc) is 2.56. The predicted octanol–water partition coefficient (Wildman–Crippen LogP) is 4.75. The molecule has 0 bridgehead atoms. The van der Waals surface area contributed by atoms with E-state index in [0.717, 1.165) is 15.7 Å². The zero-order valence-corrected chi connectivity index (χ0v) is 16.5. The second kappa shape index (κ2) is 7.64. The summed E-state index contributed by atoms with van der Waals surface area (Å²) in [6.07, 6.45) is 0. The van der Waals surface area contributed by atoms with E-state index in [1.807, 2.05) is 49.4 Å². The predicted molar refractivity (Wildman–Crippen MR) is 109 cm³/mol. The van der Waals surface area contributed by atoms with Gasteiger partial charge in [-0.2, -0.15) is 0 Å². The molecule has 2 aromatic carbocycles. The van der Waals surface area contributed by atoms with E-state index in [1.54, 1.807) is 6.07 Å². The van der Waals surface area contributed by atoms with Crippen LogP contribution < -0.4 is 10.6 Å². The highest BCUT2D eigenvalue weighted by molar-refractivity contribution is 9.10. The summed E-state index contributed by atoms with van der Waals surface area (Å²) in [6, 6.07) is 14.5. The van der Waals surface area contributed by atoms with Gasteiger partial charge in [-0.05, 0) is 61.1 Å². The number of halogens is 2. The van der Waals surface area contributed by atoms with Crippen molar-refractivity contribution < 1.29 is 4.79 Å². The number of nitrogens with zero attached hydrogens (tertiary/aromatic N) is 1. The largest absolute Gasteiger partial charge is 0.353 e. The van der Waals surface area contributed by atoms with Crippen LogP contribution in [0.5, 0.6) is 0 Å². The number of amides is 1. The molecule has 2 N–H and O–H groups in total. The van der Waals surface area contributed by atoms with E-state index in [4.69, 9.17) is 23.8 Å². The number of carbonyl (C=O) groups excluding carboxylic acids is 1. The van der Waals surface area contributed by atoms with E-state index >= 15 is 0 Å². The zero-order chi connectivity index (χ0) is 18.0. The van der Waals surface area contributed by atoms with Crippen molar-refractivity contribution in [3.8, 4) is 0 Å². The Hall–Kier alpha value is -1.76. The third-order valence-corrected chi connectivity index (χ3v) is 4.92. The molecule has 2 unspecified atom stereocenters. The maximum absolute atomic E-state index is 12.9. The number of nitrogens with one attached hydrogen (secondary N) is 2. The summed E-state index contributed by atoms with van der Waals surface area (Å²) in [6.45, 7) is 1.82. The molecule has 0 aromatic heterocycles. The molecule has 0 saturated heterocycles. The Morgan fingerprint density at radius 2 is 2.00 bits per heavy atom. The van der Waals surface area contributed by atoms with Crippen molar-refractivity contribution in [1.82, 2.24) is 5.32 Å². The maximum Gasteiger partial charge on any atom is 0.235 e. The number of benzene rings is 2. The second-order valence-electron chi connectivity index (χ2n) is 5.71. The average molecular weight is 437 g/mol. The van der Waals surface area contributed by atoms with Crippen LogP contribution in [0.4, 0.5) is 5.69 Å². The Bertz CT molecular complexity index is 854. The van der Waals surface area contributed by atoms with Crippen molar-refractivity contribution >= 4 is 62.2 Å². The Kier molecular flexibility index (Phi) is 5.51. The van der Waals surface area contributed by atoms with Gasteiger partial charge in [0.1, 0.15) is 5.92 Å². The molecule has 0 spiro atoms. The lowest BCUT2D eigenvalue weighted by molar-refractivity contribution is -0.118. The van der Waals surface area contributed by atoms with Crippen molar-refractivity contribution in [2.45, 2.75) is 13.0 Å². The van der Waals surface area contributed by atoms with Gasteiger partial charge in [0.15, 0.2) is 5.11 Å². The second-order valence-corrected chi connectivity index (χ2v) is 7.45. The van der Waals surface area contributed by atoms with Gasteiger partial charge >= 0.3 is 0 Å². The van der Waals surface area contributed by atoms with E-state index in [0.29, 0.717) is 15.8 Å². The van der Waals surface area contributed by atoms with E-state index in [1.165, 1.54) is 0 Å².